The van der Waals surface area contributed by atoms with E-state index in [2.05, 4.69) is 116 Å². The minimum absolute atomic E-state index is 0.167. The van der Waals surface area contributed by atoms with Crippen molar-refractivity contribution in [1.82, 2.24) is 0 Å². The summed E-state index contributed by atoms with van der Waals surface area (Å²) in [7, 11) is 0. The zero-order valence-corrected chi connectivity index (χ0v) is 23.5. The van der Waals surface area contributed by atoms with Crippen LogP contribution in [0.25, 0.3) is 6.08 Å². The maximum absolute atomic E-state index is 9.44. The zero-order chi connectivity index (χ0) is 26.6. The first-order valence-electron chi connectivity index (χ1n) is 12.6. The van der Waals surface area contributed by atoms with Crippen LogP contribution in [0.2, 0.25) is 0 Å². The summed E-state index contributed by atoms with van der Waals surface area (Å²) in [6.45, 7) is 25.9. The topological polar surface area (TPSA) is 17.1 Å². The van der Waals surface area contributed by atoms with Crippen LogP contribution in [0.15, 0.2) is 73.5 Å². The minimum Gasteiger partial charge on any atom is -0.300 e. The first-order valence-corrected chi connectivity index (χ1v) is 12.6. The molecule has 2 rings (SSSR count). The Bertz CT molecular complexity index is 844. The average molecular weight is 463 g/mol. The molecule has 0 N–H and O–H groups in total. The number of carbonyl (C=O) groups excluding carboxylic acids is 1. The molecule has 34 heavy (non-hydrogen) atoms. The lowest BCUT2D eigenvalue weighted by Crippen LogP contribution is -2.19. The molecule has 0 fully saturated rings. The summed E-state index contributed by atoms with van der Waals surface area (Å²) < 4.78 is 0. The Morgan fingerprint density at radius 1 is 1.00 bits per heavy atom. The molecule has 0 radical (unpaired) electrons. The summed E-state index contributed by atoms with van der Waals surface area (Å²) in [4.78, 5) is 9.44. The third-order valence-corrected chi connectivity index (χ3v) is 5.68. The molecule has 1 heteroatoms. The highest BCUT2D eigenvalue weighted by molar-refractivity contribution is 5.72. The van der Waals surface area contributed by atoms with Crippen LogP contribution < -0.4 is 0 Å². The van der Waals surface area contributed by atoms with Gasteiger partial charge in [-0.15, -0.1) is 5.73 Å². The van der Waals surface area contributed by atoms with Gasteiger partial charge in [-0.1, -0.05) is 121 Å². The summed E-state index contributed by atoms with van der Waals surface area (Å²) in [5, 5.41) is 0. The van der Waals surface area contributed by atoms with E-state index in [1.165, 1.54) is 48.9 Å². The van der Waals surface area contributed by atoms with E-state index in [0.29, 0.717) is 11.3 Å². The van der Waals surface area contributed by atoms with E-state index >= 15 is 0 Å². The lowest BCUT2D eigenvalue weighted by atomic mass is 9.76. The summed E-state index contributed by atoms with van der Waals surface area (Å²) >= 11 is 0. The number of allylic oxidation sites excluding steroid dienone is 1. The van der Waals surface area contributed by atoms with Gasteiger partial charge in [0, 0.05) is 0 Å². The van der Waals surface area contributed by atoms with Gasteiger partial charge in [-0.3, -0.25) is 0 Å². The molecule has 0 saturated carbocycles. The normalized spacial score (nSPS) is 10.5. The molecule has 0 spiro atoms. The summed E-state index contributed by atoms with van der Waals surface area (Å²) in [5.41, 5.74) is 8.64. The SMILES string of the molecule is C=C=CC(C)C(C)(C)CCC.C=Cc1ccccc1CC.CC(C)=O.CCc1ccc(C)cc1. The molecular weight excluding hydrogens is 412 g/mol. The maximum atomic E-state index is 9.44. The molecular formula is C33H50O. The first-order chi connectivity index (χ1) is 16.0. The van der Waals surface area contributed by atoms with Crippen LogP contribution in [0.3, 0.4) is 0 Å². The second-order valence-electron chi connectivity index (χ2n) is 9.40. The average Bonchev–Trinajstić information content (AvgIpc) is 2.80. The van der Waals surface area contributed by atoms with E-state index in [1.807, 2.05) is 12.1 Å². The largest absolute Gasteiger partial charge is 0.300 e. The maximum Gasteiger partial charge on any atom is 0.126 e. The molecule has 0 aliphatic rings. The molecule has 0 saturated heterocycles. The third kappa shape index (κ3) is 16.9. The van der Waals surface area contributed by atoms with Gasteiger partial charge in [0.25, 0.3) is 0 Å². The Morgan fingerprint density at radius 2 is 1.53 bits per heavy atom. The van der Waals surface area contributed by atoms with Crippen molar-refractivity contribution in [1.29, 1.82) is 0 Å². The van der Waals surface area contributed by atoms with Crippen molar-refractivity contribution in [3.8, 4) is 0 Å². The summed E-state index contributed by atoms with van der Waals surface area (Å²) in [5.74, 6) is 0.750. The third-order valence-electron chi connectivity index (χ3n) is 5.68. The number of hydrogen-bond donors (Lipinski definition) is 0. The molecule has 0 aliphatic carbocycles. The Hall–Kier alpha value is -2.63. The van der Waals surface area contributed by atoms with E-state index in [9.17, 15) is 4.79 Å². The van der Waals surface area contributed by atoms with Gasteiger partial charge in [0.05, 0.1) is 0 Å². The van der Waals surface area contributed by atoms with Gasteiger partial charge in [0.2, 0.25) is 0 Å². The van der Waals surface area contributed by atoms with Gasteiger partial charge in [-0.25, -0.2) is 0 Å². The van der Waals surface area contributed by atoms with Crippen molar-refractivity contribution in [3.05, 3.63) is 95.7 Å². The summed E-state index contributed by atoms with van der Waals surface area (Å²) in [6.07, 6.45) is 8.71. The fourth-order valence-corrected chi connectivity index (χ4v) is 3.15. The van der Waals surface area contributed by atoms with Crippen LogP contribution in [0.5, 0.6) is 0 Å². The van der Waals surface area contributed by atoms with E-state index in [1.54, 1.807) is 0 Å². The van der Waals surface area contributed by atoms with Gasteiger partial charge in [-0.05, 0) is 74.1 Å². The highest BCUT2D eigenvalue weighted by Crippen LogP contribution is 2.32. The van der Waals surface area contributed by atoms with Crippen molar-refractivity contribution in [2.75, 3.05) is 0 Å². The Kier molecular flexibility index (Phi) is 19.5. The van der Waals surface area contributed by atoms with Crippen molar-refractivity contribution in [2.24, 2.45) is 11.3 Å². The molecule has 1 atom stereocenters. The van der Waals surface area contributed by atoms with Gasteiger partial charge in [0.1, 0.15) is 5.78 Å². The number of ketones is 1. The highest BCUT2D eigenvalue weighted by atomic mass is 16.1. The van der Waals surface area contributed by atoms with Crippen molar-refractivity contribution < 1.29 is 4.79 Å². The van der Waals surface area contributed by atoms with E-state index in [4.69, 9.17) is 0 Å². The van der Waals surface area contributed by atoms with Crippen LogP contribution in [0.1, 0.15) is 90.5 Å². The molecule has 2 aromatic carbocycles. The predicted octanol–water partition coefficient (Wildman–Crippen LogP) is 9.83. The second-order valence-corrected chi connectivity index (χ2v) is 9.40. The second kappa shape index (κ2) is 19.8. The molecule has 0 aliphatic heterocycles. The fourth-order valence-electron chi connectivity index (χ4n) is 3.15. The van der Waals surface area contributed by atoms with Gasteiger partial charge >= 0.3 is 0 Å². The molecule has 188 valence electrons. The monoisotopic (exact) mass is 462 g/mol. The molecule has 0 aromatic heterocycles. The van der Waals surface area contributed by atoms with Crippen LogP contribution in [0.4, 0.5) is 0 Å². The van der Waals surface area contributed by atoms with E-state index in [0.717, 1.165) is 12.8 Å². The van der Waals surface area contributed by atoms with E-state index in [-0.39, 0.29) is 5.78 Å². The standard InChI is InChI=1S/C11H20.C10H12.C9H12.C3H6O/c1-6-8-10(3)11(4,5)9-7-2;1-3-9-7-5-6-8-10(9)4-2;1-3-9-6-4-8(2)5-7-9;1-3(2)4/h8,10H,1,7,9H2,2-5H3;3,5-8H,1,4H2,2H3;4-7H,3H2,1-2H3;1-2H3. The molecule has 1 unspecified atom stereocenters. The number of rotatable bonds is 7. The van der Waals surface area contributed by atoms with Crippen molar-refractivity contribution in [2.45, 2.75) is 88.0 Å². The number of hydrogen-bond acceptors (Lipinski definition) is 1. The Labute approximate surface area is 211 Å². The highest BCUT2D eigenvalue weighted by Gasteiger charge is 2.22. The molecule has 1 nitrogen and oxygen atoms in total. The van der Waals surface area contributed by atoms with Gasteiger partial charge < -0.3 is 4.79 Å². The summed E-state index contributed by atoms with van der Waals surface area (Å²) in [6, 6.07) is 17.0. The van der Waals surface area contributed by atoms with Crippen LogP contribution in [0, 0.1) is 18.3 Å². The lowest BCUT2D eigenvalue weighted by molar-refractivity contribution is -0.114. The molecule has 0 amide bonds. The predicted molar refractivity (Wildman–Crippen MR) is 154 cm³/mol. The van der Waals surface area contributed by atoms with Gasteiger partial charge in [-0.2, -0.15) is 0 Å². The smallest absolute Gasteiger partial charge is 0.126 e. The molecule has 0 heterocycles. The van der Waals surface area contributed by atoms with Gasteiger partial charge in [0.15, 0.2) is 0 Å². The van der Waals surface area contributed by atoms with E-state index < -0.39 is 0 Å². The fraction of sp³-hybridized carbons (Fsp3) is 0.455. The van der Waals surface area contributed by atoms with Crippen LogP contribution >= 0.6 is 0 Å². The van der Waals surface area contributed by atoms with Crippen LogP contribution in [-0.2, 0) is 17.6 Å². The minimum atomic E-state index is 0.167. The zero-order valence-electron chi connectivity index (χ0n) is 23.5. The van der Waals surface area contributed by atoms with Crippen molar-refractivity contribution >= 4 is 11.9 Å². The lowest BCUT2D eigenvalue weighted by Gasteiger charge is -2.28. The molecule has 2 aromatic rings. The Balaban J connectivity index is 0. The first kappa shape index (κ1) is 33.5. The Morgan fingerprint density at radius 3 is 1.91 bits per heavy atom. The van der Waals surface area contributed by atoms with Crippen molar-refractivity contribution in [3.63, 3.8) is 0 Å². The number of benzene rings is 2. The molecule has 0 bridgehead atoms. The number of aryl methyl sites for hydroxylation is 3. The van der Waals surface area contributed by atoms with Crippen LogP contribution in [-0.4, -0.2) is 5.78 Å². The number of Topliss-reactive ketones (excluding diaryl/α,β-unsaturated/α-hetero) is 1. The number of carbonyl (C=O) groups is 1. The quantitative estimate of drug-likeness (QED) is 0.374.